The standard InChI is InChI=1S/C15H22N4O4/c1-9(2)19-7-11(6-14(19)21)15(22)18(4)8-13(20)16-12-5-10(3)23-17-12/h5,9,11H,6-8H2,1-4H3,(H,16,17,20). The van der Waals surface area contributed by atoms with Crippen LogP contribution in [0.25, 0.3) is 0 Å². The molecule has 2 rings (SSSR count). The van der Waals surface area contributed by atoms with Crippen molar-refractivity contribution >= 4 is 23.5 Å². The van der Waals surface area contributed by atoms with E-state index in [0.717, 1.165) is 0 Å². The molecule has 8 nitrogen and oxygen atoms in total. The second-order valence-electron chi connectivity index (χ2n) is 6.11. The Morgan fingerprint density at radius 1 is 1.52 bits per heavy atom. The monoisotopic (exact) mass is 322 g/mol. The molecule has 8 heteroatoms. The minimum absolute atomic E-state index is 0.0192. The lowest BCUT2D eigenvalue weighted by atomic mass is 10.1. The summed E-state index contributed by atoms with van der Waals surface area (Å²) in [5.74, 6) is -0.0724. The Labute approximate surface area is 134 Å². The van der Waals surface area contributed by atoms with Gasteiger partial charge in [-0.15, -0.1) is 0 Å². The Morgan fingerprint density at radius 3 is 2.74 bits per heavy atom. The molecule has 1 aromatic heterocycles. The molecule has 23 heavy (non-hydrogen) atoms. The SMILES string of the molecule is Cc1cc(NC(=O)CN(C)C(=O)C2CC(=O)N(C(C)C)C2)no1. The summed E-state index contributed by atoms with van der Waals surface area (Å²) in [6.45, 7) is 5.86. The van der Waals surface area contributed by atoms with Gasteiger partial charge < -0.3 is 19.6 Å². The summed E-state index contributed by atoms with van der Waals surface area (Å²) in [6, 6.07) is 1.67. The van der Waals surface area contributed by atoms with Crippen molar-refractivity contribution in [3.63, 3.8) is 0 Å². The number of nitrogens with zero attached hydrogens (tertiary/aromatic N) is 3. The predicted molar refractivity (Wildman–Crippen MR) is 82.5 cm³/mol. The van der Waals surface area contributed by atoms with Crippen molar-refractivity contribution < 1.29 is 18.9 Å². The van der Waals surface area contributed by atoms with Crippen LogP contribution in [0.2, 0.25) is 0 Å². The summed E-state index contributed by atoms with van der Waals surface area (Å²) in [5.41, 5.74) is 0. The maximum Gasteiger partial charge on any atom is 0.245 e. The van der Waals surface area contributed by atoms with Crippen molar-refractivity contribution in [3.05, 3.63) is 11.8 Å². The van der Waals surface area contributed by atoms with E-state index in [-0.39, 0.29) is 36.7 Å². The first-order valence-corrected chi connectivity index (χ1v) is 7.55. The van der Waals surface area contributed by atoms with Crippen LogP contribution < -0.4 is 5.32 Å². The van der Waals surface area contributed by atoms with Gasteiger partial charge in [-0.2, -0.15) is 0 Å². The molecule has 0 radical (unpaired) electrons. The molecule has 1 saturated heterocycles. The molecule has 0 spiro atoms. The molecular formula is C15H22N4O4. The summed E-state index contributed by atoms with van der Waals surface area (Å²) in [4.78, 5) is 39.2. The van der Waals surface area contributed by atoms with Gasteiger partial charge in [0, 0.05) is 32.1 Å². The highest BCUT2D eigenvalue weighted by Gasteiger charge is 2.37. The number of anilines is 1. The van der Waals surface area contributed by atoms with Crippen molar-refractivity contribution in [2.45, 2.75) is 33.2 Å². The zero-order valence-corrected chi connectivity index (χ0v) is 13.8. The van der Waals surface area contributed by atoms with E-state index in [0.29, 0.717) is 18.1 Å². The Hall–Kier alpha value is -2.38. The van der Waals surface area contributed by atoms with Gasteiger partial charge in [0.1, 0.15) is 5.76 Å². The van der Waals surface area contributed by atoms with E-state index in [1.807, 2.05) is 13.8 Å². The van der Waals surface area contributed by atoms with Gasteiger partial charge in [-0.1, -0.05) is 5.16 Å². The number of likely N-dealkylation sites (N-methyl/N-ethyl adjacent to an activating group) is 1. The fraction of sp³-hybridized carbons (Fsp3) is 0.600. The highest BCUT2D eigenvalue weighted by Crippen LogP contribution is 2.21. The fourth-order valence-corrected chi connectivity index (χ4v) is 2.61. The lowest BCUT2D eigenvalue weighted by molar-refractivity contribution is -0.137. The molecule has 0 aliphatic carbocycles. The topological polar surface area (TPSA) is 95.8 Å². The van der Waals surface area contributed by atoms with E-state index < -0.39 is 5.92 Å². The largest absolute Gasteiger partial charge is 0.360 e. The van der Waals surface area contributed by atoms with Crippen LogP contribution in [0.4, 0.5) is 5.82 Å². The molecule has 1 aliphatic rings. The van der Waals surface area contributed by atoms with E-state index in [1.54, 1.807) is 24.9 Å². The van der Waals surface area contributed by atoms with Gasteiger partial charge in [-0.3, -0.25) is 14.4 Å². The van der Waals surface area contributed by atoms with Crippen molar-refractivity contribution in [1.29, 1.82) is 0 Å². The number of carbonyl (C=O) groups is 3. The number of amides is 3. The van der Waals surface area contributed by atoms with Gasteiger partial charge in [0.15, 0.2) is 5.82 Å². The Morgan fingerprint density at radius 2 is 2.22 bits per heavy atom. The minimum atomic E-state index is -0.392. The molecule has 1 unspecified atom stereocenters. The molecule has 1 aliphatic heterocycles. The average Bonchev–Trinajstić information content (AvgIpc) is 3.03. The van der Waals surface area contributed by atoms with E-state index in [2.05, 4.69) is 10.5 Å². The second kappa shape index (κ2) is 6.80. The highest BCUT2D eigenvalue weighted by molar-refractivity contribution is 5.95. The van der Waals surface area contributed by atoms with Crippen LogP contribution in [0.15, 0.2) is 10.6 Å². The number of rotatable bonds is 5. The summed E-state index contributed by atoms with van der Waals surface area (Å²) in [7, 11) is 1.55. The number of nitrogens with one attached hydrogen (secondary N) is 1. The van der Waals surface area contributed by atoms with Gasteiger partial charge in [0.05, 0.1) is 12.5 Å². The van der Waals surface area contributed by atoms with Gasteiger partial charge in [-0.25, -0.2) is 0 Å². The number of carbonyl (C=O) groups excluding carboxylic acids is 3. The number of likely N-dealkylation sites (tertiary alicyclic amines) is 1. The molecule has 1 aromatic rings. The van der Waals surface area contributed by atoms with Crippen molar-refractivity contribution in [3.8, 4) is 0 Å². The van der Waals surface area contributed by atoms with Crippen LogP contribution in [0.3, 0.4) is 0 Å². The maximum absolute atomic E-state index is 12.4. The third kappa shape index (κ3) is 4.08. The lowest BCUT2D eigenvalue weighted by Gasteiger charge is -2.22. The van der Waals surface area contributed by atoms with E-state index in [4.69, 9.17) is 4.52 Å². The first kappa shape index (κ1) is 17.0. The summed E-state index contributed by atoms with van der Waals surface area (Å²) in [6.07, 6.45) is 0.200. The number of aryl methyl sites for hydroxylation is 1. The number of hydrogen-bond donors (Lipinski definition) is 1. The van der Waals surface area contributed by atoms with Crippen LogP contribution in [-0.4, -0.2) is 58.9 Å². The van der Waals surface area contributed by atoms with Gasteiger partial charge in [0.2, 0.25) is 17.7 Å². The van der Waals surface area contributed by atoms with Crippen molar-refractivity contribution in [2.24, 2.45) is 5.92 Å². The third-order valence-corrected chi connectivity index (χ3v) is 3.78. The Kier molecular flexibility index (Phi) is 5.02. The molecule has 0 bridgehead atoms. The van der Waals surface area contributed by atoms with E-state index in [9.17, 15) is 14.4 Å². The smallest absolute Gasteiger partial charge is 0.245 e. The zero-order chi connectivity index (χ0) is 17.1. The summed E-state index contributed by atoms with van der Waals surface area (Å²) >= 11 is 0. The molecule has 0 aromatic carbocycles. The molecular weight excluding hydrogens is 300 g/mol. The zero-order valence-electron chi connectivity index (χ0n) is 13.8. The van der Waals surface area contributed by atoms with Gasteiger partial charge in [-0.05, 0) is 20.8 Å². The minimum Gasteiger partial charge on any atom is -0.360 e. The quantitative estimate of drug-likeness (QED) is 0.858. The van der Waals surface area contributed by atoms with E-state index in [1.165, 1.54) is 4.90 Å². The van der Waals surface area contributed by atoms with Gasteiger partial charge >= 0.3 is 0 Å². The number of hydrogen-bond acceptors (Lipinski definition) is 5. The maximum atomic E-state index is 12.4. The molecule has 1 atom stereocenters. The molecule has 0 saturated carbocycles. The third-order valence-electron chi connectivity index (χ3n) is 3.78. The van der Waals surface area contributed by atoms with E-state index >= 15 is 0 Å². The first-order valence-electron chi connectivity index (χ1n) is 7.55. The molecule has 1 N–H and O–H groups in total. The van der Waals surface area contributed by atoms with Crippen LogP contribution in [0.1, 0.15) is 26.0 Å². The predicted octanol–water partition coefficient (Wildman–Crippen LogP) is 0.637. The average molecular weight is 322 g/mol. The molecule has 2 heterocycles. The normalized spacial score (nSPS) is 17.7. The van der Waals surface area contributed by atoms with Crippen molar-refractivity contribution in [1.82, 2.24) is 15.0 Å². The van der Waals surface area contributed by atoms with Crippen molar-refractivity contribution in [2.75, 3.05) is 25.5 Å². The summed E-state index contributed by atoms with van der Waals surface area (Å²) < 4.78 is 4.86. The molecule has 3 amide bonds. The Bertz CT molecular complexity index is 610. The first-order chi connectivity index (χ1) is 10.8. The van der Waals surface area contributed by atoms with Crippen LogP contribution in [0, 0.1) is 12.8 Å². The lowest BCUT2D eigenvalue weighted by Crippen LogP contribution is -2.40. The Balaban J connectivity index is 1.87. The fourth-order valence-electron chi connectivity index (χ4n) is 2.61. The highest BCUT2D eigenvalue weighted by atomic mass is 16.5. The molecule has 126 valence electrons. The summed E-state index contributed by atoms with van der Waals surface area (Å²) in [5, 5.41) is 6.22. The number of aromatic nitrogens is 1. The second-order valence-corrected chi connectivity index (χ2v) is 6.11. The van der Waals surface area contributed by atoms with Crippen LogP contribution >= 0.6 is 0 Å². The van der Waals surface area contributed by atoms with Crippen LogP contribution in [-0.2, 0) is 14.4 Å². The van der Waals surface area contributed by atoms with Gasteiger partial charge in [0.25, 0.3) is 0 Å². The molecule has 1 fully saturated rings. The van der Waals surface area contributed by atoms with Crippen LogP contribution in [0.5, 0.6) is 0 Å².